The Balaban J connectivity index is 2.99. The average Bonchev–Trinajstić information content (AvgIpc) is 2.47. The molecule has 0 saturated carbocycles. The molecule has 1 aromatic rings. The van der Waals surface area contributed by atoms with Crippen molar-refractivity contribution in [3.63, 3.8) is 0 Å². The molecule has 16 heavy (non-hydrogen) atoms. The number of carbonyl (C=O) groups is 1. The summed E-state index contributed by atoms with van der Waals surface area (Å²) in [5.74, 6) is -0.260. The molecular weight excluding hydrogens is 224 g/mol. The van der Waals surface area contributed by atoms with Crippen LogP contribution in [0.3, 0.4) is 0 Å². The summed E-state index contributed by atoms with van der Waals surface area (Å²) in [7, 11) is 0. The van der Waals surface area contributed by atoms with E-state index in [2.05, 4.69) is 25.8 Å². The summed E-state index contributed by atoms with van der Waals surface area (Å²) in [6.45, 7) is 8.58. The van der Waals surface area contributed by atoms with Gasteiger partial charge in [-0.2, -0.15) is 0 Å². The van der Waals surface area contributed by atoms with Crippen LogP contribution in [0.25, 0.3) is 0 Å². The van der Waals surface area contributed by atoms with Crippen LogP contribution < -0.4 is 0 Å². The Labute approximate surface area is 101 Å². The first-order valence-electron chi connectivity index (χ1n) is 5.30. The first-order chi connectivity index (χ1) is 7.36. The maximum absolute atomic E-state index is 11.4. The van der Waals surface area contributed by atoms with Gasteiger partial charge in [-0.1, -0.05) is 20.8 Å². The highest BCUT2D eigenvalue weighted by Gasteiger charge is 2.20. The van der Waals surface area contributed by atoms with Gasteiger partial charge in [-0.15, -0.1) is 0 Å². The lowest BCUT2D eigenvalue weighted by Crippen LogP contribution is -2.22. The van der Waals surface area contributed by atoms with Crippen molar-refractivity contribution in [1.82, 2.24) is 9.55 Å². The molecule has 1 aromatic heterocycles. The molecule has 0 spiro atoms. The molecule has 0 fully saturated rings. The fraction of sp³-hybridized carbons (Fsp3) is 0.636. The van der Waals surface area contributed by atoms with Gasteiger partial charge < -0.3 is 14.3 Å². The monoisotopic (exact) mass is 242 g/mol. The van der Waals surface area contributed by atoms with Crippen LogP contribution >= 0.6 is 12.2 Å². The minimum Gasteiger partial charge on any atom is -0.465 e. The van der Waals surface area contributed by atoms with Crippen molar-refractivity contribution >= 4 is 18.2 Å². The highest BCUT2D eigenvalue weighted by atomic mass is 32.1. The number of hydrogen-bond acceptors (Lipinski definition) is 3. The fourth-order valence-corrected chi connectivity index (χ4v) is 1.73. The molecule has 1 heterocycles. The minimum atomic E-state index is -0.260. The molecule has 90 valence electrons. The van der Waals surface area contributed by atoms with E-state index in [9.17, 15) is 4.79 Å². The molecule has 1 rings (SSSR count). The van der Waals surface area contributed by atoms with Crippen LogP contribution in [0.4, 0.5) is 0 Å². The number of esters is 1. The van der Waals surface area contributed by atoms with Gasteiger partial charge in [0.1, 0.15) is 6.54 Å². The minimum absolute atomic E-state index is 0.0555. The Kier molecular flexibility index (Phi) is 3.91. The van der Waals surface area contributed by atoms with Gasteiger partial charge in [0.2, 0.25) is 0 Å². The number of ether oxygens (including phenoxy) is 1. The van der Waals surface area contributed by atoms with Gasteiger partial charge in [0.05, 0.1) is 6.61 Å². The number of H-pyrrole nitrogens is 1. The SMILES string of the molecule is CCOC(=O)Cn1c(C(C)(C)C)c[nH]c1=S. The van der Waals surface area contributed by atoms with E-state index in [1.807, 2.05) is 6.20 Å². The van der Waals surface area contributed by atoms with Crippen molar-refractivity contribution in [2.75, 3.05) is 6.61 Å². The molecule has 0 aliphatic carbocycles. The van der Waals surface area contributed by atoms with Crippen LogP contribution in [0.5, 0.6) is 0 Å². The highest BCUT2D eigenvalue weighted by Crippen LogP contribution is 2.22. The quantitative estimate of drug-likeness (QED) is 0.654. The molecule has 0 saturated heterocycles. The van der Waals surface area contributed by atoms with Crippen LogP contribution in [0.15, 0.2) is 6.20 Å². The number of nitrogens with one attached hydrogen (secondary N) is 1. The van der Waals surface area contributed by atoms with Crippen LogP contribution in [-0.2, 0) is 21.5 Å². The Morgan fingerprint density at radius 3 is 2.69 bits per heavy atom. The number of nitrogens with zero attached hydrogens (tertiary/aromatic N) is 1. The molecule has 5 heteroatoms. The summed E-state index contributed by atoms with van der Waals surface area (Å²) in [4.78, 5) is 14.4. The summed E-state index contributed by atoms with van der Waals surface area (Å²) in [6.07, 6.45) is 1.85. The second-order valence-electron chi connectivity index (χ2n) is 4.62. The lowest BCUT2D eigenvalue weighted by Gasteiger charge is -2.20. The maximum Gasteiger partial charge on any atom is 0.326 e. The predicted molar refractivity (Wildman–Crippen MR) is 64.9 cm³/mol. The Morgan fingerprint density at radius 1 is 1.56 bits per heavy atom. The number of hydrogen-bond donors (Lipinski definition) is 1. The zero-order valence-electron chi connectivity index (χ0n) is 10.2. The van der Waals surface area contributed by atoms with Crippen molar-refractivity contribution in [1.29, 1.82) is 0 Å². The van der Waals surface area contributed by atoms with Gasteiger partial charge in [0.25, 0.3) is 0 Å². The lowest BCUT2D eigenvalue weighted by atomic mass is 9.92. The van der Waals surface area contributed by atoms with E-state index in [0.29, 0.717) is 11.4 Å². The third kappa shape index (κ3) is 2.95. The number of aromatic nitrogens is 2. The third-order valence-corrected chi connectivity index (χ3v) is 2.57. The van der Waals surface area contributed by atoms with E-state index in [1.165, 1.54) is 0 Å². The van der Waals surface area contributed by atoms with Gasteiger partial charge >= 0.3 is 5.97 Å². The smallest absolute Gasteiger partial charge is 0.326 e. The molecule has 4 nitrogen and oxygen atoms in total. The third-order valence-electron chi connectivity index (χ3n) is 2.23. The normalized spacial score (nSPS) is 11.5. The molecule has 0 bridgehead atoms. The van der Waals surface area contributed by atoms with E-state index < -0.39 is 0 Å². The van der Waals surface area contributed by atoms with Gasteiger partial charge in [-0.05, 0) is 19.1 Å². The van der Waals surface area contributed by atoms with Crippen LogP contribution in [0.2, 0.25) is 0 Å². The Morgan fingerprint density at radius 2 is 2.19 bits per heavy atom. The zero-order valence-corrected chi connectivity index (χ0v) is 11.0. The summed E-state index contributed by atoms with van der Waals surface area (Å²) >= 11 is 5.14. The molecule has 0 unspecified atom stereocenters. The topological polar surface area (TPSA) is 47.0 Å². The van der Waals surface area contributed by atoms with Crippen molar-refractivity contribution < 1.29 is 9.53 Å². The average molecular weight is 242 g/mol. The van der Waals surface area contributed by atoms with Gasteiger partial charge in [0, 0.05) is 17.3 Å². The molecule has 1 N–H and O–H groups in total. The first-order valence-corrected chi connectivity index (χ1v) is 5.71. The van der Waals surface area contributed by atoms with Crippen molar-refractivity contribution in [3.05, 3.63) is 16.7 Å². The van der Waals surface area contributed by atoms with E-state index >= 15 is 0 Å². The maximum atomic E-state index is 11.4. The molecule has 0 aromatic carbocycles. The van der Waals surface area contributed by atoms with Gasteiger partial charge in [-0.25, -0.2) is 0 Å². The van der Waals surface area contributed by atoms with Crippen LogP contribution in [-0.4, -0.2) is 22.1 Å². The Hall–Kier alpha value is -1.10. The van der Waals surface area contributed by atoms with E-state index in [-0.39, 0.29) is 17.9 Å². The van der Waals surface area contributed by atoms with Crippen LogP contribution in [0.1, 0.15) is 33.4 Å². The summed E-state index contributed by atoms with van der Waals surface area (Å²) in [5, 5.41) is 0. The molecule has 0 aliphatic rings. The number of aromatic amines is 1. The predicted octanol–water partition coefficient (Wildman–Crippen LogP) is 2.41. The second kappa shape index (κ2) is 4.82. The second-order valence-corrected chi connectivity index (χ2v) is 5.01. The van der Waals surface area contributed by atoms with E-state index in [1.54, 1.807) is 11.5 Å². The van der Waals surface area contributed by atoms with Crippen molar-refractivity contribution in [2.45, 2.75) is 39.7 Å². The van der Waals surface area contributed by atoms with Gasteiger partial charge in [-0.3, -0.25) is 4.79 Å². The van der Waals surface area contributed by atoms with Gasteiger partial charge in [0.15, 0.2) is 4.77 Å². The number of imidazole rings is 1. The zero-order chi connectivity index (χ0) is 12.3. The van der Waals surface area contributed by atoms with E-state index in [0.717, 1.165) is 5.69 Å². The number of rotatable bonds is 3. The lowest BCUT2D eigenvalue weighted by molar-refractivity contribution is -0.143. The summed E-state index contributed by atoms with van der Waals surface area (Å²) < 4.78 is 7.26. The van der Waals surface area contributed by atoms with E-state index in [4.69, 9.17) is 17.0 Å². The Bertz CT molecular complexity index is 426. The van der Waals surface area contributed by atoms with Crippen molar-refractivity contribution in [3.8, 4) is 0 Å². The number of carbonyl (C=O) groups excluding carboxylic acids is 1. The summed E-state index contributed by atoms with van der Waals surface area (Å²) in [6, 6.07) is 0. The molecular formula is C11H18N2O2S. The standard InChI is InChI=1S/C11H18N2O2S/c1-5-15-9(14)7-13-8(11(2,3)4)6-12-10(13)16/h6H,5,7H2,1-4H3,(H,12,16). The summed E-state index contributed by atoms with van der Waals surface area (Å²) in [5.41, 5.74) is 0.950. The molecule has 0 atom stereocenters. The molecule has 0 amide bonds. The largest absolute Gasteiger partial charge is 0.465 e. The highest BCUT2D eigenvalue weighted by molar-refractivity contribution is 7.71. The molecule has 0 radical (unpaired) electrons. The molecule has 0 aliphatic heterocycles. The van der Waals surface area contributed by atoms with Crippen LogP contribution in [0, 0.1) is 4.77 Å². The van der Waals surface area contributed by atoms with Crippen molar-refractivity contribution in [2.24, 2.45) is 0 Å². The first kappa shape index (κ1) is 13.0. The fourth-order valence-electron chi connectivity index (χ4n) is 1.51.